The molecule has 18 heavy (non-hydrogen) atoms. The van der Waals surface area contributed by atoms with Crippen molar-refractivity contribution in [1.29, 1.82) is 0 Å². The van der Waals surface area contributed by atoms with Gasteiger partial charge in [0.2, 0.25) is 0 Å². The maximum Gasteiger partial charge on any atom is 0.254 e. The average molecular weight is 284 g/mol. The second-order valence-electron chi connectivity index (χ2n) is 3.82. The molecular formula is C13H11ClFNOS. The molecule has 1 atom stereocenters. The molecule has 1 aromatic heterocycles. The highest BCUT2D eigenvalue weighted by Gasteiger charge is 2.15. The Morgan fingerprint density at radius 1 is 1.33 bits per heavy atom. The van der Waals surface area contributed by atoms with Crippen LogP contribution in [0.3, 0.4) is 0 Å². The molecule has 0 saturated carbocycles. The minimum absolute atomic E-state index is 0.0482. The fraction of sp³-hybridized carbons (Fsp3) is 0.154. The van der Waals surface area contributed by atoms with Gasteiger partial charge in [0, 0.05) is 4.88 Å². The van der Waals surface area contributed by atoms with E-state index in [0.717, 1.165) is 4.88 Å². The molecule has 0 aliphatic carbocycles. The van der Waals surface area contributed by atoms with Crippen LogP contribution in [0.5, 0.6) is 0 Å². The van der Waals surface area contributed by atoms with Crippen molar-refractivity contribution in [3.05, 3.63) is 57.0 Å². The van der Waals surface area contributed by atoms with Crippen LogP contribution in [0.1, 0.15) is 28.2 Å². The Hall–Kier alpha value is -1.39. The minimum Gasteiger partial charge on any atom is -0.345 e. The summed E-state index contributed by atoms with van der Waals surface area (Å²) in [4.78, 5) is 12.8. The molecule has 94 valence electrons. The second-order valence-corrected chi connectivity index (χ2v) is 5.56. The lowest BCUT2D eigenvalue weighted by molar-refractivity contribution is 0.0936. The van der Waals surface area contributed by atoms with Crippen LogP contribution < -0.4 is 5.32 Å². The Kier molecular flexibility index (Phi) is 3.99. The summed E-state index contributed by atoms with van der Waals surface area (Å²) in [6.07, 6.45) is 0. The van der Waals surface area contributed by atoms with E-state index in [-0.39, 0.29) is 11.6 Å². The first-order chi connectivity index (χ1) is 8.58. The monoisotopic (exact) mass is 283 g/mol. The van der Waals surface area contributed by atoms with Gasteiger partial charge in [0.05, 0.1) is 15.9 Å². The standard InChI is InChI=1S/C13H11ClFNOS/c1-8(11-6-7-12(14)18-11)16-13(17)9-4-2-3-5-10(9)15/h2-8H,1H3,(H,16,17). The molecule has 0 fully saturated rings. The number of carbonyl (C=O) groups is 1. The summed E-state index contributed by atoms with van der Waals surface area (Å²) in [6.45, 7) is 1.83. The molecule has 5 heteroatoms. The molecule has 0 bridgehead atoms. The Bertz CT molecular complexity index is 570. The van der Waals surface area contributed by atoms with Crippen LogP contribution in [-0.4, -0.2) is 5.91 Å². The number of carbonyl (C=O) groups excluding carboxylic acids is 1. The first-order valence-electron chi connectivity index (χ1n) is 5.38. The van der Waals surface area contributed by atoms with Gasteiger partial charge in [0.15, 0.2) is 0 Å². The molecule has 2 aromatic rings. The molecule has 0 aliphatic rings. The van der Waals surface area contributed by atoms with Gasteiger partial charge in [-0.3, -0.25) is 4.79 Å². The predicted molar refractivity (Wildman–Crippen MR) is 71.6 cm³/mol. The first-order valence-corrected chi connectivity index (χ1v) is 6.58. The molecule has 1 N–H and O–H groups in total. The van der Waals surface area contributed by atoms with Gasteiger partial charge in [-0.05, 0) is 31.2 Å². The summed E-state index contributed by atoms with van der Waals surface area (Å²) in [5.74, 6) is -0.948. The van der Waals surface area contributed by atoms with E-state index in [4.69, 9.17) is 11.6 Å². The van der Waals surface area contributed by atoms with Crippen molar-refractivity contribution < 1.29 is 9.18 Å². The first kappa shape index (κ1) is 13.1. The van der Waals surface area contributed by atoms with Gasteiger partial charge < -0.3 is 5.32 Å². The normalized spacial score (nSPS) is 12.2. The van der Waals surface area contributed by atoms with Crippen molar-refractivity contribution in [3.8, 4) is 0 Å². The van der Waals surface area contributed by atoms with E-state index in [2.05, 4.69) is 5.32 Å². The molecular weight excluding hydrogens is 273 g/mol. The van der Waals surface area contributed by atoms with Crippen LogP contribution in [0.15, 0.2) is 36.4 Å². The Balaban J connectivity index is 2.10. The number of amides is 1. The summed E-state index contributed by atoms with van der Waals surface area (Å²) in [6, 6.07) is 9.32. The van der Waals surface area contributed by atoms with Crippen LogP contribution in [0, 0.1) is 5.82 Å². The minimum atomic E-state index is -0.522. The summed E-state index contributed by atoms with van der Waals surface area (Å²) in [5, 5.41) is 2.74. The zero-order valence-corrected chi connectivity index (χ0v) is 11.2. The quantitative estimate of drug-likeness (QED) is 0.905. The van der Waals surface area contributed by atoms with E-state index < -0.39 is 11.7 Å². The molecule has 0 radical (unpaired) electrons. The van der Waals surface area contributed by atoms with Crippen molar-refractivity contribution in [3.63, 3.8) is 0 Å². The molecule has 1 amide bonds. The highest BCUT2D eigenvalue weighted by Crippen LogP contribution is 2.26. The Morgan fingerprint density at radius 2 is 2.06 bits per heavy atom. The number of hydrogen-bond donors (Lipinski definition) is 1. The van der Waals surface area contributed by atoms with E-state index in [0.29, 0.717) is 4.34 Å². The van der Waals surface area contributed by atoms with Crippen molar-refractivity contribution in [2.45, 2.75) is 13.0 Å². The van der Waals surface area contributed by atoms with Gasteiger partial charge in [0.25, 0.3) is 5.91 Å². The van der Waals surface area contributed by atoms with Gasteiger partial charge in [-0.15, -0.1) is 11.3 Å². The SMILES string of the molecule is CC(NC(=O)c1ccccc1F)c1ccc(Cl)s1. The van der Waals surface area contributed by atoms with E-state index in [1.165, 1.54) is 23.5 Å². The van der Waals surface area contributed by atoms with Gasteiger partial charge >= 0.3 is 0 Å². The summed E-state index contributed by atoms with van der Waals surface area (Å²) in [5.41, 5.74) is 0.0482. The topological polar surface area (TPSA) is 29.1 Å². The van der Waals surface area contributed by atoms with E-state index >= 15 is 0 Å². The summed E-state index contributed by atoms with van der Waals surface area (Å²) < 4.78 is 14.1. The van der Waals surface area contributed by atoms with Crippen LogP contribution in [0.2, 0.25) is 4.34 Å². The lowest BCUT2D eigenvalue weighted by Gasteiger charge is -2.12. The molecule has 1 heterocycles. The largest absolute Gasteiger partial charge is 0.345 e. The predicted octanol–water partition coefficient (Wildman–Crippen LogP) is 4.03. The van der Waals surface area contributed by atoms with Gasteiger partial charge in [-0.2, -0.15) is 0 Å². The van der Waals surface area contributed by atoms with Crippen LogP contribution >= 0.6 is 22.9 Å². The van der Waals surface area contributed by atoms with Crippen molar-refractivity contribution in [2.75, 3.05) is 0 Å². The summed E-state index contributed by atoms with van der Waals surface area (Å²) >= 11 is 7.22. The third-order valence-electron chi connectivity index (χ3n) is 2.49. The third kappa shape index (κ3) is 2.89. The van der Waals surface area contributed by atoms with Crippen LogP contribution in [0.25, 0.3) is 0 Å². The lowest BCUT2D eigenvalue weighted by atomic mass is 10.2. The molecule has 0 saturated heterocycles. The van der Waals surface area contributed by atoms with E-state index in [9.17, 15) is 9.18 Å². The lowest BCUT2D eigenvalue weighted by Crippen LogP contribution is -2.26. The fourth-order valence-electron chi connectivity index (χ4n) is 1.55. The molecule has 0 spiro atoms. The van der Waals surface area contributed by atoms with E-state index in [1.54, 1.807) is 18.2 Å². The highest BCUT2D eigenvalue weighted by atomic mass is 35.5. The van der Waals surface area contributed by atoms with Crippen molar-refractivity contribution in [2.24, 2.45) is 0 Å². The maximum atomic E-state index is 13.4. The third-order valence-corrected chi connectivity index (χ3v) is 3.90. The van der Waals surface area contributed by atoms with Crippen LogP contribution in [0.4, 0.5) is 4.39 Å². The van der Waals surface area contributed by atoms with Crippen molar-refractivity contribution >= 4 is 28.8 Å². The van der Waals surface area contributed by atoms with Gasteiger partial charge in [-0.25, -0.2) is 4.39 Å². The van der Waals surface area contributed by atoms with Gasteiger partial charge in [-0.1, -0.05) is 23.7 Å². The zero-order chi connectivity index (χ0) is 13.1. The number of thiophene rings is 1. The highest BCUT2D eigenvalue weighted by molar-refractivity contribution is 7.16. The Morgan fingerprint density at radius 3 is 2.67 bits per heavy atom. The van der Waals surface area contributed by atoms with Gasteiger partial charge in [0.1, 0.15) is 5.82 Å². The number of hydrogen-bond acceptors (Lipinski definition) is 2. The molecule has 1 aromatic carbocycles. The number of benzene rings is 1. The molecule has 0 aliphatic heterocycles. The number of nitrogens with one attached hydrogen (secondary N) is 1. The zero-order valence-electron chi connectivity index (χ0n) is 9.61. The molecule has 1 unspecified atom stereocenters. The number of rotatable bonds is 3. The second kappa shape index (κ2) is 5.50. The molecule has 2 nitrogen and oxygen atoms in total. The fourth-order valence-corrected chi connectivity index (χ4v) is 2.62. The maximum absolute atomic E-state index is 13.4. The number of halogens is 2. The van der Waals surface area contributed by atoms with Crippen molar-refractivity contribution in [1.82, 2.24) is 5.32 Å². The molecule has 2 rings (SSSR count). The smallest absolute Gasteiger partial charge is 0.254 e. The Labute approximate surface area is 113 Å². The van der Waals surface area contributed by atoms with E-state index in [1.807, 2.05) is 13.0 Å². The summed E-state index contributed by atoms with van der Waals surface area (Å²) in [7, 11) is 0. The van der Waals surface area contributed by atoms with Crippen LogP contribution in [-0.2, 0) is 0 Å². The average Bonchev–Trinajstić information content (AvgIpc) is 2.76.